The van der Waals surface area contributed by atoms with E-state index in [-0.39, 0.29) is 11.0 Å². The molecule has 1 amide bonds. The van der Waals surface area contributed by atoms with Gasteiger partial charge >= 0.3 is 0 Å². The predicted molar refractivity (Wildman–Crippen MR) is 155 cm³/mol. The molecule has 3 aromatic rings. The summed E-state index contributed by atoms with van der Waals surface area (Å²) in [6.45, 7) is 4.21. The number of sulfonamides is 1. The largest absolute Gasteiger partial charge is 0.492 e. The molecule has 0 radical (unpaired) electrons. The Balaban J connectivity index is 1.22. The Morgan fingerprint density at radius 2 is 1.79 bits per heavy atom. The Morgan fingerprint density at radius 1 is 1.05 bits per heavy atom. The third kappa shape index (κ3) is 7.80. The van der Waals surface area contributed by atoms with Crippen molar-refractivity contribution in [3.8, 4) is 17.2 Å². The van der Waals surface area contributed by atoms with Crippen LogP contribution < -0.4 is 18.9 Å². The summed E-state index contributed by atoms with van der Waals surface area (Å²) in [4.78, 5) is 19.0. The molecule has 230 valence electrons. The van der Waals surface area contributed by atoms with Gasteiger partial charge in [0, 0.05) is 6.54 Å². The number of aromatic nitrogens is 1. The molecule has 1 aliphatic carbocycles. The first-order chi connectivity index (χ1) is 20.6. The summed E-state index contributed by atoms with van der Waals surface area (Å²) in [5.74, 6) is -2.99. The van der Waals surface area contributed by atoms with E-state index in [1.807, 2.05) is 7.05 Å². The molecule has 0 spiro atoms. The van der Waals surface area contributed by atoms with Crippen molar-refractivity contribution in [2.24, 2.45) is 5.92 Å². The van der Waals surface area contributed by atoms with Crippen LogP contribution in [0.25, 0.3) is 0 Å². The van der Waals surface area contributed by atoms with Crippen LogP contribution in [0.15, 0.2) is 59.6 Å². The van der Waals surface area contributed by atoms with Gasteiger partial charge in [-0.05, 0) is 100 Å². The first-order valence-electron chi connectivity index (χ1n) is 14.4. The van der Waals surface area contributed by atoms with E-state index < -0.39 is 45.0 Å². The van der Waals surface area contributed by atoms with Crippen LogP contribution >= 0.6 is 0 Å². The third-order valence-corrected chi connectivity index (χ3v) is 8.80. The van der Waals surface area contributed by atoms with Crippen LogP contribution in [0.5, 0.6) is 17.2 Å². The minimum absolute atomic E-state index is 0.00801. The van der Waals surface area contributed by atoms with E-state index in [1.165, 1.54) is 24.3 Å². The molecule has 1 N–H and O–H groups in total. The zero-order chi connectivity index (χ0) is 30.6. The lowest BCUT2D eigenvalue weighted by Crippen LogP contribution is -2.38. The molecule has 0 bridgehead atoms. The predicted octanol–water partition coefficient (Wildman–Crippen LogP) is 5.27. The molecule has 1 aliphatic heterocycles. The van der Waals surface area contributed by atoms with Crippen molar-refractivity contribution in [2.75, 3.05) is 26.7 Å². The lowest BCUT2D eigenvalue weighted by Gasteiger charge is -2.30. The molecule has 2 aromatic carbocycles. The number of hydrogen-bond donors (Lipinski definition) is 1. The Hall–Kier alpha value is -3.77. The molecule has 2 atom stereocenters. The number of amides is 1. The molecule has 1 aromatic heterocycles. The highest BCUT2D eigenvalue weighted by molar-refractivity contribution is 7.90. The van der Waals surface area contributed by atoms with Gasteiger partial charge in [-0.1, -0.05) is 6.92 Å². The van der Waals surface area contributed by atoms with Crippen LogP contribution in [0.3, 0.4) is 0 Å². The van der Waals surface area contributed by atoms with E-state index in [0.717, 1.165) is 50.9 Å². The zero-order valence-corrected chi connectivity index (χ0v) is 24.9. The van der Waals surface area contributed by atoms with Crippen LogP contribution in [-0.2, 0) is 10.0 Å². The number of benzene rings is 2. The molecule has 1 saturated carbocycles. The quantitative estimate of drug-likeness (QED) is 0.294. The molecule has 43 heavy (non-hydrogen) atoms. The molecule has 1 unspecified atom stereocenters. The summed E-state index contributed by atoms with van der Waals surface area (Å²) in [6, 6.07) is 11.1. The zero-order valence-electron chi connectivity index (χ0n) is 24.1. The second-order valence-corrected chi connectivity index (χ2v) is 12.7. The van der Waals surface area contributed by atoms with Crippen molar-refractivity contribution >= 4 is 15.9 Å². The molecule has 1 saturated heterocycles. The van der Waals surface area contributed by atoms with E-state index in [1.54, 1.807) is 30.0 Å². The fourth-order valence-corrected chi connectivity index (χ4v) is 5.78. The molecular formula is C31H35F2N3O6S. The molecule has 9 nitrogen and oxygen atoms in total. The topological polar surface area (TPSA) is 107 Å². The second-order valence-electron chi connectivity index (χ2n) is 11.0. The van der Waals surface area contributed by atoms with E-state index in [4.69, 9.17) is 14.2 Å². The normalized spacial score (nSPS) is 18.1. The average molecular weight is 616 g/mol. The number of pyridine rings is 1. The summed E-state index contributed by atoms with van der Waals surface area (Å²) in [6.07, 6.45) is 5.48. The molecule has 2 heterocycles. The monoisotopic (exact) mass is 615 g/mol. The first-order valence-corrected chi connectivity index (χ1v) is 15.9. The van der Waals surface area contributed by atoms with Crippen molar-refractivity contribution in [3.63, 3.8) is 0 Å². The lowest BCUT2D eigenvalue weighted by atomic mass is 10.1. The summed E-state index contributed by atoms with van der Waals surface area (Å²) >= 11 is 0. The molecule has 2 aliphatic rings. The standard InChI is InChI=1S/C31H35F2N3O6S/c1-3-27(26-14-10-22(17-34-26)40-19-20-6-7-20)42-28-15-13-25(29(32)30(28)33)31(37)35-43(38,39)24-11-8-21(9-12-24)41-23-5-4-16-36(2)18-23/h8-15,17,20,23,27H,3-7,16,18-19H2,1-2H3,(H,35,37)/t23?,27-/m1/s1. The Morgan fingerprint density at radius 3 is 2.44 bits per heavy atom. The second kappa shape index (κ2) is 13.3. The van der Waals surface area contributed by atoms with Gasteiger partial charge in [0.2, 0.25) is 5.82 Å². The SMILES string of the molecule is CC[C@@H](Oc1ccc(C(=O)NS(=O)(=O)c2ccc(OC3CCCN(C)C3)cc2)c(F)c1F)c1ccc(OCC2CC2)cn1. The van der Waals surface area contributed by atoms with Gasteiger partial charge in [-0.3, -0.25) is 9.78 Å². The van der Waals surface area contributed by atoms with Gasteiger partial charge in [-0.25, -0.2) is 17.5 Å². The Labute approximate surface area is 250 Å². The van der Waals surface area contributed by atoms with Crippen LogP contribution in [0.2, 0.25) is 0 Å². The number of carbonyl (C=O) groups is 1. The maximum absolute atomic E-state index is 15.0. The average Bonchev–Trinajstić information content (AvgIpc) is 3.82. The number of hydrogen-bond acceptors (Lipinski definition) is 8. The smallest absolute Gasteiger partial charge is 0.268 e. The lowest BCUT2D eigenvalue weighted by molar-refractivity contribution is 0.0976. The number of nitrogens with one attached hydrogen (secondary N) is 1. The van der Waals surface area contributed by atoms with Gasteiger partial charge in [0.15, 0.2) is 11.6 Å². The highest BCUT2D eigenvalue weighted by Crippen LogP contribution is 2.31. The van der Waals surface area contributed by atoms with E-state index in [9.17, 15) is 17.6 Å². The Kier molecular flexibility index (Phi) is 9.46. The van der Waals surface area contributed by atoms with Gasteiger partial charge in [-0.15, -0.1) is 0 Å². The highest BCUT2D eigenvalue weighted by Gasteiger charge is 2.26. The number of rotatable bonds is 12. The van der Waals surface area contributed by atoms with Crippen molar-refractivity contribution in [3.05, 3.63) is 77.6 Å². The van der Waals surface area contributed by atoms with Crippen molar-refractivity contribution < 1.29 is 36.2 Å². The number of halogens is 2. The van der Waals surface area contributed by atoms with Gasteiger partial charge in [0.05, 0.1) is 29.0 Å². The Bertz CT molecular complexity index is 1530. The summed E-state index contributed by atoms with van der Waals surface area (Å²) in [5, 5.41) is 0. The maximum Gasteiger partial charge on any atom is 0.268 e. The van der Waals surface area contributed by atoms with Crippen LogP contribution in [0.1, 0.15) is 61.2 Å². The van der Waals surface area contributed by atoms with E-state index in [0.29, 0.717) is 36.1 Å². The van der Waals surface area contributed by atoms with Crippen molar-refractivity contribution in [1.82, 2.24) is 14.6 Å². The molecule has 5 rings (SSSR count). The molecule has 2 fully saturated rings. The number of likely N-dealkylation sites (tertiary alicyclic amines) is 1. The van der Waals surface area contributed by atoms with Crippen molar-refractivity contribution in [1.29, 1.82) is 0 Å². The minimum Gasteiger partial charge on any atom is -0.492 e. The fraction of sp³-hybridized carbons (Fsp3) is 0.419. The number of likely N-dealkylation sites (N-methyl/N-ethyl adjacent to an activating group) is 1. The van der Waals surface area contributed by atoms with Crippen LogP contribution in [-0.4, -0.2) is 57.1 Å². The van der Waals surface area contributed by atoms with Crippen molar-refractivity contribution in [2.45, 2.75) is 56.1 Å². The summed E-state index contributed by atoms with van der Waals surface area (Å²) in [7, 11) is -2.37. The molecule has 12 heteroatoms. The number of nitrogens with zero attached hydrogens (tertiary/aromatic N) is 2. The van der Waals surface area contributed by atoms with Gasteiger partial charge < -0.3 is 19.1 Å². The summed E-state index contributed by atoms with van der Waals surface area (Å²) < 4.78 is 74.8. The van der Waals surface area contributed by atoms with Crippen LogP contribution in [0.4, 0.5) is 8.78 Å². The van der Waals surface area contributed by atoms with Crippen LogP contribution in [0, 0.1) is 17.6 Å². The highest BCUT2D eigenvalue weighted by atomic mass is 32.2. The number of ether oxygens (including phenoxy) is 3. The van der Waals surface area contributed by atoms with Gasteiger partial charge in [0.25, 0.3) is 15.9 Å². The molecular weight excluding hydrogens is 580 g/mol. The third-order valence-electron chi connectivity index (χ3n) is 7.45. The number of piperidine rings is 1. The fourth-order valence-electron chi connectivity index (χ4n) is 4.81. The van der Waals surface area contributed by atoms with E-state index >= 15 is 4.39 Å². The van der Waals surface area contributed by atoms with Gasteiger partial charge in [-0.2, -0.15) is 4.39 Å². The minimum atomic E-state index is -4.38. The first kappa shape index (κ1) is 30.7. The number of carbonyl (C=O) groups excluding carboxylic acids is 1. The maximum atomic E-state index is 15.0. The summed E-state index contributed by atoms with van der Waals surface area (Å²) in [5.41, 5.74) is -0.283. The van der Waals surface area contributed by atoms with E-state index in [2.05, 4.69) is 9.88 Å². The van der Waals surface area contributed by atoms with Gasteiger partial charge in [0.1, 0.15) is 23.7 Å².